The van der Waals surface area contributed by atoms with Crippen molar-refractivity contribution in [3.63, 3.8) is 0 Å². The zero-order valence-corrected chi connectivity index (χ0v) is 22.1. The summed E-state index contributed by atoms with van der Waals surface area (Å²) in [6, 6.07) is 24.0. The molecule has 0 unspecified atom stereocenters. The number of ether oxygens (including phenoxy) is 3. The molecule has 4 atom stereocenters. The Morgan fingerprint density at radius 3 is 2.05 bits per heavy atom. The standard InChI is InChI=1S/C28H28O7S2/c1-19-13-15-23(16-14-19)37(31,32)27-24(18-33-17-21-9-5-3-6-10-21)35-28-25(27)26(20(2)34-28)36(29,30)22-11-7-4-8-12-22/h3-16,24-25,27-28H,17-18H2,1-2H3/t24-,25-,27+,28+/m1/s1. The molecule has 3 aromatic rings. The summed E-state index contributed by atoms with van der Waals surface area (Å²) in [4.78, 5) is 0.111. The van der Waals surface area contributed by atoms with Crippen LogP contribution in [0.1, 0.15) is 18.1 Å². The Morgan fingerprint density at radius 2 is 1.41 bits per heavy atom. The molecule has 3 aromatic carbocycles. The number of allylic oxidation sites excluding steroid dienone is 1. The molecule has 9 heteroatoms. The Hall–Kier alpha value is -2.98. The van der Waals surface area contributed by atoms with E-state index in [-0.39, 0.29) is 33.7 Å². The lowest BCUT2D eigenvalue weighted by molar-refractivity contribution is -0.121. The second-order valence-corrected chi connectivity index (χ2v) is 13.3. The van der Waals surface area contributed by atoms with Gasteiger partial charge < -0.3 is 14.2 Å². The van der Waals surface area contributed by atoms with Gasteiger partial charge in [0.15, 0.2) is 9.84 Å². The topological polar surface area (TPSA) is 96.0 Å². The van der Waals surface area contributed by atoms with Crippen LogP contribution in [0.2, 0.25) is 0 Å². The number of hydrogen-bond donors (Lipinski definition) is 0. The van der Waals surface area contributed by atoms with Gasteiger partial charge >= 0.3 is 0 Å². The molecular formula is C28H28O7S2. The molecule has 0 amide bonds. The first-order valence-corrected chi connectivity index (χ1v) is 15.0. The second-order valence-electron chi connectivity index (χ2n) is 9.25. The number of rotatable bonds is 8. The molecule has 2 aliphatic rings. The molecule has 0 spiro atoms. The minimum Gasteiger partial charge on any atom is -0.468 e. The number of fused-ring (bicyclic) bond motifs is 1. The van der Waals surface area contributed by atoms with Crippen LogP contribution in [0.5, 0.6) is 0 Å². The number of aryl methyl sites for hydroxylation is 1. The third-order valence-electron chi connectivity index (χ3n) is 6.71. The smallest absolute Gasteiger partial charge is 0.208 e. The second kappa shape index (κ2) is 10.1. The van der Waals surface area contributed by atoms with Gasteiger partial charge in [-0.15, -0.1) is 0 Å². The highest BCUT2D eigenvalue weighted by Gasteiger charge is 2.60. The molecule has 0 saturated carbocycles. The van der Waals surface area contributed by atoms with Gasteiger partial charge in [-0.3, -0.25) is 0 Å². The summed E-state index contributed by atoms with van der Waals surface area (Å²) in [7, 11) is -8.08. The van der Waals surface area contributed by atoms with Gasteiger partial charge in [0.1, 0.15) is 17.1 Å². The Balaban J connectivity index is 1.53. The minimum absolute atomic E-state index is 0.0429. The average Bonchev–Trinajstić information content (AvgIpc) is 3.39. The van der Waals surface area contributed by atoms with Gasteiger partial charge in [-0.1, -0.05) is 66.2 Å². The van der Waals surface area contributed by atoms with Crippen molar-refractivity contribution in [3.8, 4) is 0 Å². The van der Waals surface area contributed by atoms with Crippen molar-refractivity contribution in [1.29, 1.82) is 0 Å². The van der Waals surface area contributed by atoms with Gasteiger partial charge in [0.25, 0.3) is 0 Å². The summed E-state index contributed by atoms with van der Waals surface area (Å²) in [5.41, 5.74) is 1.84. The molecule has 1 saturated heterocycles. The van der Waals surface area contributed by atoms with Gasteiger partial charge in [0.2, 0.25) is 16.1 Å². The van der Waals surface area contributed by atoms with Crippen LogP contribution in [0, 0.1) is 12.8 Å². The van der Waals surface area contributed by atoms with Crippen molar-refractivity contribution in [2.75, 3.05) is 6.61 Å². The van der Waals surface area contributed by atoms with Gasteiger partial charge in [-0.25, -0.2) is 16.8 Å². The fourth-order valence-electron chi connectivity index (χ4n) is 4.94. The van der Waals surface area contributed by atoms with Gasteiger partial charge in [0.05, 0.1) is 33.8 Å². The van der Waals surface area contributed by atoms with Crippen LogP contribution in [0.3, 0.4) is 0 Å². The Kier molecular flexibility index (Phi) is 6.97. The molecule has 0 aliphatic carbocycles. The molecule has 194 valence electrons. The molecule has 37 heavy (non-hydrogen) atoms. The minimum atomic E-state index is -4.04. The van der Waals surface area contributed by atoms with E-state index in [2.05, 4.69) is 0 Å². The first-order valence-electron chi connectivity index (χ1n) is 11.9. The van der Waals surface area contributed by atoms with E-state index in [4.69, 9.17) is 14.2 Å². The molecule has 0 N–H and O–H groups in total. The number of sulfone groups is 2. The van der Waals surface area contributed by atoms with Crippen LogP contribution < -0.4 is 0 Å². The predicted molar refractivity (Wildman–Crippen MR) is 138 cm³/mol. The number of hydrogen-bond acceptors (Lipinski definition) is 7. The Bertz CT molecular complexity index is 1500. The van der Waals surface area contributed by atoms with E-state index in [1.54, 1.807) is 30.3 Å². The maximum Gasteiger partial charge on any atom is 0.208 e. The summed E-state index contributed by atoms with van der Waals surface area (Å²) in [6.07, 6.45) is -1.98. The lowest BCUT2D eigenvalue weighted by Crippen LogP contribution is -2.39. The summed E-state index contributed by atoms with van der Waals surface area (Å²) >= 11 is 0. The predicted octanol–water partition coefficient (Wildman–Crippen LogP) is 4.43. The van der Waals surface area contributed by atoms with E-state index in [1.807, 2.05) is 37.3 Å². The molecule has 0 aromatic heterocycles. The molecule has 2 aliphatic heterocycles. The Labute approximate surface area is 217 Å². The fourth-order valence-corrected chi connectivity index (χ4v) is 8.86. The van der Waals surface area contributed by atoms with Crippen LogP contribution in [0.25, 0.3) is 0 Å². The lowest BCUT2D eigenvalue weighted by atomic mass is 10.0. The van der Waals surface area contributed by atoms with E-state index in [9.17, 15) is 16.8 Å². The summed E-state index contributed by atoms with van der Waals surface area (Å²) in [6.45, 7) is 3.62. The van der Waals surface area contributed by atoms with Crippen LogP contribution in [0.4, 0.5) is 0 Å². The van der Waals surface area contributed by atoms with E-state index in [0.29, 0.717) is 0 Å². The maximum atomic E-state index is 14.0. The summed E-state index contributed by atoms with van der Waals surface area (Å²) in [5.74, 6) is -0.895. The SMILES string of the molecule is CC1=C(S(=O)(=O)c2ccccc2)[C@H]2[C@@H](O1)O[C@H](COCc1ccccc1)[C@@H]2S(=O)(=O)c1ccc(C)cc1. The lowest BCUT2D eigenvalue weighted by Gasteiger charge is -2.23. The molecule has 7 nitrogen and oxygen atoms in total. The van der Waals surface area contributed by atoms with Crippen molar-refractivity contribution in [1.82, 2.24) is 0 Å². The van der Waals surface area contributed by atoms with Gasteiger partial charge in [0, 0.05) is 0 Å². The highest BCUT2D eigenvalue weighted by molar-refractivity contribution is 7.95. The van der Waals surface area contributed by atoms with Crippen LogP contribution in [-0.4, -0.2) is 41.1 Å². The highest BCUT2D eigenvalue weighted by Crippen LogP contribution is 2.49. The molecule has 5 rings (SSSR count). The average molecular weight is 541 g/mol. The highest BCUT2D eigenvalue weighted by atomic mass is 32.2. The van der Waals surface area contributed by atoms with Crippen LogP contribution >= 0.6 is 0 Å². The van der Waals surface area contributed by atoms with Gasteiger partial charge in [-0.2, -0.15) is 0 Å². The van der Waals surface area contributed by atoms with Gasteiger partial charge in [-0.05, 0) is 43.7 Å². The monoisotopic (exact) mass is 540 g/mol. The van der Waals surface area contributed by atoms with E-state index in [1.165, 1.54) is 31.2 Å². The maximum absolute atomic E-state index is 14.0. The van der Waals surface area contributed by atoms with Crippen molar-refractivity contribution >= 4 is 19.7 Å². The largest absolute Gasteiger partial charge is 0.468 e. The van der Waals surface area contributed by atoms with E-state index < -0.39 is 43.2 Å². The third kappa shape index (κ3) is 4.84. The Morgan fingerprint density at radius 1 is 0.784 bits per heavy atom. The normalized spacial score (nSPS) is 23.6. The van der Waals surface area contributed by atoms with Crippen molar-refractivity contribution in [2.45, 2.75) is 47.9 Å². The number of benzene rings is 3. The third-order valence-corrected chi connectivity index (χ3v) is 11.0. The molecular weight excluding hydrogens is 512 g/mol. The van der Waals surface area contributed by atoms with Crippen LogP contribution in [-0.2, 0) is 40.5 Å². The molecule has 1 fully saturated rings. The summed E-state index contributed by atoms with van der Waals surface area (Å²) in [5, 5.41) is -1.22. The fraction of sp³-hybridized carbons (Fsp3) is 0.286. The first-order chi connectivity index (χ1) is 17.7. The van der Waals surface area contributed by atoms with Crippen molar-refractivity contribution in [3.05, 3.63) is 107 Å². The molecule has 2 heterocycles. The van der Waals surface area contributed by atoms with E-state index in [0.717, 1.165) is 11.1 Å². The van der Waals surface area contributed by atoms with Crippen molar-refractivity contribution in [2.24, 2.45) is 5.92 Å². The first kappa shape index (κ1) is 25.7. The zero-order chi connectivity index (χ0) is 26.2. The summed E-state index contributed by atoms with van der Waals surface area (Å²) < 4.78 is 73.3. The molecule has 0 radical (unpaired) electrons. The zero-order valence-electron chi connectivity index (χ0n) is 20.5. The molecule has 0 bridgehead atoms. The van der Waals surface area contributed by atoms with Crippen molar-refractivity contribution < 1.29 is 31.0 Å². The quantitative estimate of drug-likeness (QED) is 0.417. The van der Waals surface area contributed by atoms with E-state index >= 15 is 0 Å². The van der Waals surface area contributed by atoms with Crippen LogP contribution in [0.15, 0.2) is 105 Å².